The summed E-state index contributed by atoms with van der Waals surface area (Å²) in [6.45, 7) is 0.513. The van der Waals surface area contributed by atoms with E-state index >= 15 is 0 Å². The maximum Gasteiger partial charge on any atom is 0.323 e. The maximum absolute atomic E-state index is 11.3. The number of methoxy groups -OCH3 is 2. The fourth-order valence-corrected chi connectivity index (χ4v) is 2.59. The molecule has 0 fully saturated rings. The van der Waals surface area contributed by atoms with Crippen molar-refractivity contribution in [3.8, 4) is 11.5 Å². The summed E-state index contributed by atoms with van der Waals surface area (Å²) in [6.07, 6.45) is 0. The van der Waals surface area contributed by atoms with Gasteiger partial charge >= 0.3 is 5.69 Å². The lowest BCUT2D eigenvalue weighted by atomic mass is 10.2. The van der Waals surface area contributed by atoms with Crippen LogP contribution in [0.25, 0.3) is 11.0 Å². The van der Waals surface area contributed by atoms with E-state index in [1.54, 1.807) is 20.3 Å². The standard InChI is InChI=1S/C16H16ClN3O3/c1-22-14-5-9(11(17)7-15(14)23-2)8-18-10-3-4-12-13(6-10)20-16(21)19-12/h3-7,18H,8H2,1-2H3,(H2,19,20,21). The van der Waals surface area contributed by atoms with Gasteiger partial charge in [0.1, 0.15) is 0 Å². The van der Waals surface area contributed by atoms with Gasteiger partial charge in [0.25, 0.3) is 0 Å². The molecule has 0 aliphatic carbocycles. The van der Waals surface area contributed by atoms with Crippen molar-refractivity contribution in [1.82, 2.24) is 9.97 Å². The fraction of sp³-hybridized carbons (Fsp3) is 0.188. The molecule has 1 aromatic heterocycles. The van der Waals surface area contributed by atoms with E-state index in [-0.39, 0.29) is 5.69 Å². The first kappa shape index (κ1) is 15.3. The molecule has 7 heteroatoms. The number of aromatic amines is 2. The second-order valence-electron chi connectivity index (χ2n) is 4.99. The Bertz CT molecular complexity index is 901. The molecule has 0 unspecified atom stereocenters. The number of halogens is 1. The first-order chi connectivity index (χ1) is 11.1. The minimum Gasteiger partial charge on any atom is -0.493 e. The van der Waals surface area contributed by atoms with Crippen molar-refractivity contribution in [2.75, 3.05) is 19.5 Å². The second kappa shape index (κ2) is 6.26. The number of H-pyrrole nitrogens is 2. The fourth-order valence-electron chi connectivity index (χ4n) is 2.37. The number of rotatable bonds is 5. The molecule has 2 aromatic carbocycles. The highest BCUT2D eigenvalue weighted by Gasteiger charge is 2.10. The molecule has 0 radical (unpaired) electrons. The van der Waals surface area contributed by atoms with Gasteiger partial charge in [-0.1, -0.05) is 11.6 Å². The Morgan fingerprint density at radius 3 is 2.48 bits per heavy atom. The second-order valence-corrected chi connectivity index (χ2v) is 5.40. The van der Waals surface area contributed by atoms with Gasteiger partial charge < -0.3 is 24.8 Å². The minimum absolute atomic E-state index is 0.222. The number of ether oxygens (including phenoxy) is 2. The van der Waals surface area contributed by atoms with Gasteiger partial charge in [0, 0.05) is 23.3 Å². The number of hydrogen-bond acceptors (Lipinski definition) is 4. The topological polar surface area (TPSA) is 79.1 Å². The Labute approximate surface area is 137 Å². The summed E-state index contributed by atoms with van der Waals surface area (Å²) in [5, 5.41) is 3.86. The third kappa shape index (κ3) is 3.12. The van der Waals surface area contributed by atoms with Crippen LogP contribution >= 0.6 is 11.6 Å². The highest BCUT2D eigenvalue weighted by molar-refractivity contribution is 6.31. The molecule has 3 N–H and O–H groups in total. The van der Waals surface area contributed by atoms with Crippen LogP contribution in [0.4, 0.5) is 5.69 Å². The van der Waals surface area contributed by atoms with Crippen LogP contribution in [0.3, 0.4) is 0 Å². The lowest BCUT2D eigenvalue weighted by Gasteiger charge is -2.13. The quantitative estimate of drug-likeness (QED) is 0.670. The summed E-state index contributed by atoms with van der Waals surface area (Å²) in [4.78, 5) is 16.7. The molecule has 23 heavy (non-hydrogen) atoms. The van der Waals surface area contributed by atoms with Crippen molar-refractivity contribution in [3.63, 3.8) is 0 Å². The van der Waals surface area contributed by atoms with Crippen molar-refractivity contribution < 1.29 is 9.47 Å². The van der Waals surface area contributed by atoms with Gasteiger partial charge in [0.15, 0.2) is 11.5 Å². The number of hydrogen-bond donors (Lipinski definition) is 3. The van der Waals surface area contributed by atoms with E-state index in [0.29, 0.717) is 23.1 Å². The molecule has 1 heterocycles. The Kier molecular flexibility index (Phi) is 4.16. The summed E-state index contributed by atoms with van der Waals surface area (Å²) < 4.78 is 10.5. The molecule has 0 amide bonds. The van der Waals surface area contributed by atoms with Crippen molar-refractivity contribution in [2.45, 2.75) is 6.54 Å². The maximum atomic E-state index is 11.3. The lowest BCUT2D eigenvalue weighted by Crippen LogP contribution is -2.01. The summed E-state index contributed by atoms with van der Waals surface area (Å²) in [5.41, 5.74) is 3.05. The summed E-state index contributed by atoms with van der Waals surface area (Å²) in [5.74, 6) is 1.21. The van der Waals surface area contributed by atoms with Gasteiger partial charge in [-0.05, 0) is 29.8 Å². The summed E-state index contributed by atoms with van der Waals surface area (Å²) in [6, 6.07) is 9.16. The van der Waals surface area contributed by atoms with Crippen molar-refractivity contribution >= 4 is 28.3 Å². The van der Waals surface area contributed by atoms with E-state index < -0.39 is 0 Å². The molecule has 0 saturated heterocycles. The van der Waals surface area contributed by atoms with Crippen molar-refractivity contribution in [2.24, 2.45) is 0 Å². The van der Waals surface area contributed by atoms with Crippen LogP contribution in [0.15, 0.2) is 35.1 Å². The van der Waals surface area contributed by atoms with Gasteiger partial charge in [0.2, 0.25) is 0 Å². The van der Waals surface area contributed by atoms with Crippen LogP contribution in [-0.4, -0.2) is 24.2 Å². The molecule has 3 aromatic rings. The third-order valence-corrected chi connectivity index (χ3v) is 3.90. The third-order valence-electron chi connectivity index (χ3n) is 3.55. The van der Waals surface area contributed by atoms with Gasteiger partial charge in [-0.3, -0.25) is 0 Å². The zero-order chi connectivity index (χ0) is 16.4. The van der Waals surface area contributed by atoms with Crippen LogP contribution in [0.1, 0.15) is 5.56 Å². The van der Waals surface area contributed by atoms with Crippen LogP contribution in [0, 0.1) is 0 Å². The molecular formula is C16H16ClN3O3. The highest BCUT2D eigenvalue weighted by Crippen LogP contribution is 2.33. The molecule has 0 spiro atoms. The van der Waals surface area contributed by atoms with Crippen molar-refractivity contribution in [1.29, 1.82) is 0 Å². The zero-order valence-corrected chi connectivity index (χ0v) is 13.5. The number of benzene rings is 2. The Morgan fingerprint density at radius 2 is 1.74 bits per heavy atom. The van der Waals surface area contributed by atoms with E-state index in [1.807, 2.05) is 24.3 Å². The van der Waals surface area contributed by atoms with E-state index in [0.717, 1.165) is 22.3 Å². The molecule has 6 nitrogen and oxygen atoms in total. The first-order valence-corrected chi connectivity index (χ1v) is 7.35. The minimum atomic E-state index is -0.222. The van der Waals surface area contributed by atoms with Gasteiger partial charge in [-0.25, -0.2) is 4.79 Å². The Hall–Kier alpha value is -2.60. The van der Waals surface area contributed by atoms with Crippen LogP contribution in [0.2, 0.25) is 5.02 Å². The smallest absolute Gasteiger partial charge is 0.323 e. The molecular weight excluding hydrogens is 318 g/mol. The predicted molar refractivity (Wildman–Crippen MR) is 90.8 cm³/mol. The molecule has 0 bridgehead atoms. The van der Waals surface area contributed by atoms with E-state index in [1.165, 1.54) is 0 Å². The average molecular weight is 334 g/mol. The normalized spacial score (nSPS) is 10.7. The van der Waals surface area contributed by atoms with Gasteiger partial charge in [-0.15, -0.1) is 0 Å². The van der Waals surface area contributed by atoms with Crippen LogP contribution in [-0.2, 0) is 6.54 Å². The lowest BCUT2D eigenvalue weighted by molar-refractivity contribution is 0.354. The van der Waals surface area contributed by atoms with E-state index in [9.17, 15) is 4.79 Å². The summed E-state index contributed by atoms with van der Waals surface area (Å²) >= 11 is 6.27. The number of nitrogens with one attached hydrogen (secondary N) is 3. The van der Waals surface area contributed by atoms with E-state index in [2.05, 4.69) is 15.3 Å². The molecule has 0 aliphatic rings. The number of imidazole rings is 1. The number of aromatic nitrogens is 2. The predicted octanol–water partition coefficient (Wildman–Crippen LogP) is 3.14. The zero-order valence-electron chi connectivity index (χ0n) is 12.7. The van der Waals surface area contributed by atoms with Crippen LogP contribution < -0.4 is 20.5 Å². The van der Waals surface area contributed by atoms with Gasteiger partial charge in [-0.2, -0.15) is 0 Å². The van der Waals surface area contributed by atoms with Crippen LogP contribution in [0.5, 0.6) is 11.5 Å². The first-order valence-electron chi connectivity index (χ1n) is 6.97. The van der Waals surface area contributed by atoms with E-state index in [4.69, 9.17) is 21.1 Å². The highest BCUT2D eigenvalue weighted by atomic mass is 35.5. The Morgan fingerprint density at radius 1 is 1.04 bits per heavy atom. The molecule has 0 saturated carbocycles. The average Bonchev–Trinajstić information content (AvgIpc) is 2.92. The molecule has 0 aliphatic heterocycles. The SMILES string of the molecule is COc1cc(Cl)c(CNc2ccc3[nH]c(=O)[nH]c3c2)cc1OC. The molecule has 3 rings (SSSR count). The summed E-state index contributed by atoms with van der Waals surface area (Å²) in [7, 11) is 3.15. The number of anilines is 1. The monoisotopic (exact) mass is 333 g/mol. The largest absolute Gasteiger partial charge is 0.493 e. The number of fused-ring (bicyclic) bond motifs is 1. The molecule has 120 valence electrons. The van der Waals surface area contributed by atoms with Gasteiger partial charge in [0.05, 0.1) is 25.3 Å². The molecule has 0 atom stereocenters. The van der Waals surface area contributed by atoms with Crippen molar-refractivity contribution in [3.05, 3.63) is 51.4 Å². The Balaban J connectivity index is 1.82.